The van der Waals surface area contributed by atoms with E-state index in [0.717, 1.165) is 0 Å². The third-order valence-electron chi connectivity index (χ3n) is 4.47. The highest BCUT2D eigenvalue weighted by atomic mass is 19.1. The number of methoxy groups -OCH3 is 1. The predicted octanol–water partition coefficient (Wildman–Crippen LogP) is 3.95. The molecule has 1 heterocycles. The molecule has 7 heteroatoms. The number of benzene rings is 2. The molecule has 0 atom stereocenters. The van der Waals surface area contributed by atoms with Crippen molar-refractivity contribution in [3.05, 3.63) is 70.3 Å². The average molecular weight is 395 g/mol. The third kappa shape index (κ3) is 4.18. The van der Waals surface area contributed by atoms with E-state index in [1.54, 1.807) is 52.1 Å². The van der Waals surface area contributed by atoms with Crippen LogP contribution in [0.3, 0.4) is 0 Å². The van der Waals surface area contributed by atoms with Gasteiger partial charge in [0.05, 0.1) is 18.4 Å². The summed E-state index contributed by atoms with van der Waals surface area (Å²) in [4.78, 5) is 25.5. The molecule has 2 aromatic carbocycles. The molecule has 150 valence electrons. The van der Waals surface area contributed by atoms with Gasteiger partial charge in [-0.1, -0.05) is 26.0 Å². The first-order valence-corrected chi connectivity index (χ1v) is 9.17. The Balaban J connectivity index is 2.30. The highest BCUT2D eigenvalue weighted by Gasteiger charge is 2.21. The van der Waals surface area contributed by atoms with E-state index in [1.165, 1.54) is 28.9 Å². The van der Waals surface area contributed by atoms with Gasteiger partial charge >= 0.3 is 0 Å². The lowest BCUT2D eigenvalue weighted by molar-refractivity contribution is -0.118. The van der Waals surface area contributed by atoms with E-state index >= 15 is 0 Å². The SMILES string of the molecule is COc1ccc(-c2c(NC(=O)C(C)C)n(-c3ccc(F)cc3)nc(C)c2=O)cc1. The van der Waals surface area contributed by atoms with Gasteiger partial charge in [0.1, 0.15) is 23.1 Å². The molecule has 1 N–H and O–H groups in total. The largest absolute Gasteiger partial charge is 0.497 e. The van der Waals surface area contributed by atoms with Crippen LogP contribution in [-0.4, -0.2) is 22.8 Å². The van der Waals surface area contributed by atoms with Crippen LogP contribution in [0.1, 0.15) is 19.5 Å². The molecule has 1 aromatic heterocycles. The summed E-state index contributed by atoms with van der Waals surface area (Å²) in [6, 6.07) is 12.6. The van der Waals surface area contributed by atoms with Gasteiger partial charge in [-0.2, -0.15) is 5.10 Å². The van der Waals surface area contributed by atoms with Gasteiger partial charge in [-0.15, -0.1) is 0 Å². The van der Waals surface area contributed by atoms with Gasteiger partial charge in [-0.05, 0) is 48.9 Å². The number of anilines is 1. The van der Waals surface area contributed by atoms with Crippen LogP contribution in [0.25, 0.3) is 16.8 Å². The monoisotopic (exact) mass is 395 g/mol. The summed E-state index contributed by atoms with van der Waals surface area (Å²) >= 11 is 0. The molecule has 0 saturated carbocycles. The number of halogens is 1. The molecule has 0 unspecified atom stereocenters. The summed E-state index contributed by atoms with van der Waals surface area (Å²) in [5.74, 6) is -0.0886. The molecule has 6 nitrogen and oxygen atoms in total. The van der Waals surface area contributed by atoms with E-state index in [4.69, 9.17) is 4.74 Å². The van der Waals surface area contributed by atoms with E-state index in [1.807, 2.05) is 0 Å². The van der Waals surface area contributed by atoms with Gasteiger partial charge in [-0.25, -0.2) is 9.07 Å². The second-order valence-electron chi connectivity index (χ2n) is 6.90. The van der Waals surface area contributed by atoms with Gasteiger partial charge in [0, 0.05) is 5.92 Å². The van der Waals surface area contributed by atoms with Crippen molar-refractivity contribution in [2.24, 2.45) is 5.92 Å². The van der Waals surface area contributed by atoms with E-state index in [0.29, 0.717) is 22.6 Å². The topological polar surface area (TPSA) is 73.2 Å². The number of hydrogen-bond donors (Lipinski definition) is 1. The molecule has 3 aromatic rings. The van der Waals surface area contributed by atoms with E-state index < -0.39 is 5.82 Å². The molecular formula is C22H22FN3O3. The summed E-state index contributed by atoms with van der Waals surface area (Å²) in [7, 11) is 1.56. The number of carbonyl (C=O) groups excluding carboxylic acids is 1. The van der Waals surface area contributed by atoms with E-state index in [2.05, 4.69) is 10.4 Å². The molecule has 1 amide bonds. The molecule has 0 fully saturated rings. The van der Waals surface area contributed by atoms with Crippen molar-refractivity contribution in [3.8, 4) is 22.6 Å². The summed E-state index contributed by atoms with van der Waals surface area (Å²) < 4.78 is 20.1. The van der Waals surface area contributed by atoms with Gasteiger partial charge < -0.3 is 10.1 Å². The van der Waals surface area contributed by atoms with Crippen molar-refractivity contribution >= 4 is 11.7 Å². The number of carbonyl (C=O) groups is 1. The van der Waals surface area contributed by atoms with Crippen molar-refractivity contribution < 1.29 is 13.9 Å². The first kappa shape index (κ1) is 20.3. The number of nitrogens with one attached hydrogen (secondary N) is 1. The van der Waals surface area contributed by atoms with Crippen LogP contribution in [0.15, 0.2) is 53.3 Å². The molecule has 0 bridgehead atoms. The Hall–Kier alpha value is -3.48. The van der Waals surface area contributed by atoms with Crippen LogP contribution in [0.5, 0.6) is 5.75 Å². The minimum atomic E-state index is -0.394. The number of nitrogens with zero attached hydrogens (tertiary/aromatic N) is 2. The minimum absolute atomic E-state index is 0.232. The summed E-state index contributed by atoms with van der Waals surface area (Å²) in [5, 5.41) is 7.17. The lowest BCUT2D eigenvalue weighted by Gasteiger charge is -2.19. The Kier molecular flexibility index (Phi) is 5.77. The van der Waals surface area contributed by atoms with Crippen molar-refractivity contribution in [2.45, 2.75) is 20.8 Å². The Morgan fingerprint density at radius 3 is 2.28 bits per heavy atom. The van der Waals surface area contributed by atoms with Crippen molar-refractivity contribution in [1.29, 1.82) is 0 Å². The van der Waals surface area contributed by atoms with Crippen molar-refractivity contribution in [1.82, 2.24) is 9.78 Å². The number of hydrogen-bond acceptors (Lipinski definition) is 4. The fourth-order valence-electron chi connectivity index (χ4n) is 2.81. The Morgan fingerprint density at radius 2 is 1.72 bits per heavy atom. The number of aromatic nitrogens is 2. The normalized spacial score (nSPS) is 10.8. The minimum Gasteiger partial charge on any atom is -0.497 e. The molecule has 0 saturated heterocycles. The molecule has 3 rings (SSSR count). The number of ether oxygens (including phenoxy) is 1. The highest BCUT2D eigenvalue weighted by molar-refractivity contribution is 5.95. The fourth-order valence-corrected chi connectivity index (χ4v) is 2.81. The maximum absolute atomic E-state index is 13.4. The molecule has 0 spiro atoms. The molecule has 0 radical (unpaired) electrons. The standard InChI is InChI=1S/C22H22FN3O3/c1-13(2)22(28)24-21-19(15-5-11-18(29-4)12-6-15)20(27)14(3)25-26(21)17-9-7-16(23)8-10-17/h5-13H,1-4H3,(H,24,28). The number of aryl methyl sites for hydroxylation is 1. The zero-order valence-corrected chi connectivity index (χ0v) is 16.7. The fraction of sp³-hybridized carbons (Fsp3) is 0.227. The predicted molar refractivity (Wildman–Crippen MR) is 110 cm³/mol. The van der Waals surface area contributed by atoms with Crippen LogP contribution in [0.2, 0.25) is 0 Å². The molecule has 0 aliphatic rings. The van der Waals surface area contributed by atoms with Gasteiger partial charge in [0.25, 0.3) is 0 Å². The van der Waals surface area contributed by atoms with Gasteiger partial charge in [0.2, 0.25) is 11.3 Å². The second-order valence-corrected chi connectivity index (χ2v) is 6.90. The zero-order valence-electron chi connectivity index (χ0n) is 16.7. The van der Waals surface area contributed by atoms with E-state index in [-0.39, 0.29) is 28.8 Å². The van der Waals surface area contributed by atoms with Crippen molar-refractivity contribution in [2.75, 3.05) is 12.4 Å². The average Bonchev–Trinajstić information content (AvgIpc) is 2.71. The second kappa shape index (κ2) is 8.26. The maximum Gasteiger partial charge on any atom is 0.228 e. The Morgan fingerprint density at radius 1 is 1.10 bits per heavy atom. The maximum atomic E-state index is 13.4. The summed E-state index contributed by atoms with van der Waals surface area (Å²) in [6.45, 7) is 5.11. The van der Waals surface area contributed by atoms with Crippen LogP contribution in [0.4, 0.5) is 10.2 Å². The van der Waals surface area contributed by atoms with Crippen molar-refractivity contribution in [3.63, 3.8) is 0 Å². The lowest BCUT2D eigenvalue weighted by atomic mass is 10.0. The summed E-state index contributed by atoms with van der Waals surface area (Å²) in [6.07, 6.45) is 0. The molecule has 0 aliphatic heterocycles. The molecule has 0 aliphatic carbocycles. The lowest BCUT2D eigenvalue weighted by Crippen LogP contribution is -2.26. The van der Waals surface area contributed by atoms with Gasteiger partial charge in [0.15, 0.2) is 0 Å². The molecule has 29 heavy (non-hydrogen) atoms. The molecular weight excluding hydrogens is 373 g/mol. The third-order valence-corrected chi connectivity index (χ3v) is 4.47. The van der Waals surface area contributed by atoms with Crippen LogP contribution in [-0.2, 0) is 4.79 Å². The summed E-state index contributed by atoms with van der Waals surface area (Å²) in [5.41, 5.74) is 1.38. The van der Waals surface area contributed by atoms with Crippen LogP contribution < -0.4 is 15.5 Å². The Labute approximate surface area is 168 Å². The zero-order chi connectivity index (χ0) is 21.1. The van der Waals surface area contributed by atoms with E-state index in [9.17, 15) is 14.0 Å². The quantitative estimate of drug-likeness (QED) is 0.710. The van der Waals surface area contributed by atoms with Gasteiger partial charge in [-0.3, -0.25) is 9.59 Å². The first-order chi connectivity index (χ1) is 13.8. The Bertz CT molecular complexity index is 1090. The first-order valence-electron chi connectivity index (χ1n) is 9.17. The number of amides is 1. The van der Waals surface area contributed by atoms with Crippen LogP contribution in [0, 0.1) is 18.7 Å². The number of rotatable bonds is 5. The smallest absolute Gasteiger partial charge is 0.228 e. The highest BCUT2D eigenvalue weighted by Crippen LogP contribution is 2.29. The van der Waals surface area contributed by atoms with Crippen LogP contribution >= 0.6 is 0 Å².